The molecule has 2 bridgehead atoms. The molecule has 2 aliphatic heterocycles. The minimum atomic E-state index is -4.42. The molecule has 0 aromatic rings. The molecule has 2 aliphatic rings. The van der Waals surface area contributed by atoms with Gasteiger partial charge in [0.15, 0.2) is 0 Å². The summed E-state index contributed by atoms with van der Waals surface area (Å²) in [6.07, 6.45) is -2.12. The maximum atomic E-state index is 13.0. The first-order valence-electron chi connectivity index (χ1n) is 6.00. The summed E-state index contributed by atoms with van der Waals surface area (Å²) in [4.78, 5) is 13.2. The molecule has 2 unspecified atom stereocenters. The second kappa shape index (κ2) is 4.02. The highest BCUT2D eigenvalue weighted by Crippen LogP contribution is 2.45. The molecule has 0 aromatic heterocycles. The van der Waals surface area contributed by atoms with Crippen molar-refractivity contribution >= 4 is 6.09 Å². The summed E-state index contributed by atoms with van der Waals surface area (Å²) in [7, 11) is 0. The van der Waals surface area contributed by atoms with Gasteiger partial charge in [0.2, 0.25) is 0 Å². The van der Waals surface area contributed by atoms with E-state index >= 15 is 0 Å². The predicted octanol–water partition coefficient (Wildman–Crippen LogP) is 3.42. The lowest BCUT2D eigenvalue weighted by atomic mass is 9.98. The van der Waals surface area contributed by atoms with Crippen LogP contribution in [0.15, 0.2) is 23.3 Å². The SMILES string of the molecule is CC1=C(C(F)(F)F)C2C=CC1N2C(=O)OC(C)(C)C. The topological polar surface area (TPSA) is 29.5 Å². The number of carbonyl (C=O) groups is 1. The molecule has 0 N–H and O–H groups in total. The third-order valence-electron chi connectivity index (χ3n) is 3.15. The van der Waals surface area contributed by atoms with Crippen LogP contribution in [-0.2, 0) is 4.74 Å². The van der Waals surface area contributed by atoms with Gasteiger partial charge >= 0.3 is 12.3 Å². The van der Waals surface area contributed by atoms with Gasteiger partial charge in [-0.3, -0.25) is 4.90 Å². The van der Waals surface area contributed by atoms with Crippen LogP contribution in [-0.4, -0.2) is 34.9 Å². The second-order valence-electron chi connectivity index (χ2n) is 5.76. The lowest BCUT2D eigenvalue weighted by Crippen LogP contribution is -2.42. The molecular weight excluding hydrogens is 259 g/mol. The Morgan fingerprint density at radius 3 is 2.16 bits per heavy atom. The van der Waals surface area contributed by atoms with Crippen molar-refractivity contribution in [3.8, 4) is 0 Å². The highest BCUT2D eigenvalue weighted by molar-refractivity contribution is 5.74. The van der Waals surface area contributed by atoms with Crippen LogP contribution in [0.3, 0.4) is 0 Å². The van der Waals surface area contributed by atoms with E-state index in [1.165, 1.54) is 13.0 Å². The summed E-state index contributed by atoms with van der Waals surface area (Å²) >= 11 is 0. The monoisotopic (exact) mass is 275 g/mol. The zero-order chi connectivity index (χ0) is 14.6. The molecule has 0 aromatic carbocycles. The number of alkyl halides is 3. The molecule has 106 valence electrons. The highest BCUT2D eigenvalue weighted by atomic mass is 19.4. The summed E-state index contributed by atoms with van der Waals surface area (Å²) < 4.78 is 44.1. The molecule has 2 atom stereocenters. The molecule has 0 saturated heterocycles. The van der Waals surface area contributed by atoms with Crippen LogP contribution in [0.1, 0.15) is 27.7 Å². The van der Waals surface area contributed by atoms with Crippen molar-refractivity contribution in [2.75, 3.05) is 0 Å². The molecule has 0 spiro atoms. The Kier molecular flexibility index (Phi) is 2.95. The maximum Gasteiger partial charge on any atom is 0.415 e. The van der Waals surface area contributed by atoms with Crippen molar-refractivity contribution in [1.82, 2.24) is 4.90 Å². The van der Waals surface area contributed by atoms with Crippen molar-refractivity contribution < 1.29 is 22.7 Å². The number of hydrogen-bond acceptors (Lipinski definition) is 2. The van der Waals surface area contributed by atoms with E-state index < -0.39 is 35.5 Å². The fraction of sp³-hybridized carbons (Fsp3) is 0.615. The van der Waals surface area contributed by atoms with Crippen LogP contribution < -0.4 is 0 Å². The summed E-state index contributed by atoms with van der Waals surface area (Å²) in [5, 5.41) is 0. The minimum Gasteiger partial charge on any atom is -0.444 e. The lowest BCUT2D eigenvalue weighted by molar-refractivity contribution is -0.0965. The molecule has 6 heteroatoms. The van der Waals surface area contributed by atoms with E-state index in [2.05, 4.69) is 0 Å². The van der Waals surface area contributed by atoms with Gasteiger partial charge in [-0.05, 0) is 33.3 Å². The van der Waals surface area contributed by atoms with Gasteiger partial charge in [0.25, 0.3) is 0 Å². The van der Waals surface area contributed by atoms with Crippen LogP contribution in [0.5, 0.6) is 0 Å². The lowest BCUT2D eigenvalue weighted by Gasteiger charge is -2.28. The number of hydrogen-bond donors (Lipinski definition) is 0. The van der Waals surface area contributed by atoms with E-state index in [0.29, 0.717) is 0 Å². The molecule has 2 rings (SSSR count). The molecule has 0 fully saturated rings. The number of amides is 1. The number of fused-ring (bicyclic) bond motifs is 2. The molecule has 0 radical (unpaired) electrons. The zero-order valence-electron chi connectivity index (χ0n) is 11.2. The molecule has 3 nitrogen and oxygen atoms in total. The van der Waals surface area contributed by atoms with Crippen LogP contribution in [0.2, 0.25) is 0 Å². The first-order valence-corrected chi connectivity index (χ1v) is 6.00. The molecule has 2 heterocycles. The van der Waals surface area contributed by atoms with E-state index in [9.17, 15) is 18.0 Å². The Bertz CT molecular complexity index is 471. The van der Waals surface area contributed by atoms with Gasteiger partial charge in [0.05, 0.1) is 17.7 Å². The van der Waals surface area contributed by atoms with Crippen molar-refractivity contribution in [2.24, 2.45) is 0 Å². The van der Waals surface area contributed by atoms with Crippen molar-refractivity contribution in [3.63, 3.8) is 0 Å². The van der Waals surface area contributed by atoms with E-state index in [0.717, 1.165) is 4.90 Å². The largest absolute Gasteiger partial charge is 0.444 e. The van der Waals surface area contributed by atoms with E-state index in [1.54, 1.807) is 26.8 Å². The predicted molar refractivity (Wildman–Crippen MR) is 63.5 cm³/mol. The first kappa shape index (κ1) is 14.0. The van der Waals surface area contributed by atoms with Crippen LogP contribution in [0.25, 0.3) is 0 Å². The summed E-state index contributed by atoms with van der Waals surface area (Å²) in [6.45, 7) is 6.46. The molecular formula is C13H16F3NO2. The quantitative estimate of drug-likeness (QED) is 0.634. The van der Waals surface area contributed by atoms with Gasteiger partial charge in [-0.1, -0.05) is 12.2 Å². The van der Waals surface area contributed by atoms with Gasteiger partial charge < -0.3 is 4.74 Å². The normalized spacial score (nSPS) is 26.4. The zero-order valence-corrected chi connectivity index (χ0v) is 11.2. The number of rotatable bonds is 0. The number of halogens is 3. The summed E-state index contributed by atoms with van der Waals surface area (Å²) in [5.41, 5.74) is -1.21. The van der Waals surface area contributed by atoms with Gasteiger partial charge in [-0.15, -0.1) is 0 Å². The van der Waals surface area contributed by atoms with E-state index in [1.807, 2.05) is 0 Å². The van der Waals surface area contributed by atoms with E-state index in [-0.39, 0.29) is 5.57 Å². The van der Waals surface area contributed by atoms with E-state index in [4.69, 9.17) is 4.74 Å². The Morgan fingerprint density at radius 2 is 1.74 bits per heavy atom. The third-order valence-corrected chi connectivity index (χ3v) is 3.15. The summed E-state index contributed by atoms with van der Waals surface area (Å²) in [5.74, 6) is 0. The Hall–Kier alpha value is -1.46. The Labute approximate surface area is 109 Å². The molecule has 0 saturated carbocycles. The van der Waals surface area contributed by atoms with Crippen LogP contribution >= 0.6 is 0 Å². The average molecular weight is 275 g/mol. The van der Waals surface area contributed by atoms with Gasteiger partial charge in [-0.2, -0.15) is 13.2 Å². The molecule has 1 amide bonds. The maximum absolute atomic E-state index is 13.0. The summed E-state index contributed by atoms with van der Waals surface area (Å²) in [6, 6.07) is -1.70. The van der Waals surface area contributed by atoms with Gasteiger partial charge in [0.1, 0.15) is 5.60 Å². The van der Waals surface area contributed by atoms with Gasteiger partial charge in [0, 0.05) is 0 Å². The van der Waals surface area contributed by atoms with Crippen molar-refractivity contribution in [2.45, 2.75) is 51.6 Å². The highest BCUT2D eigenvalue weighted by Gasteiger charge is 2.53. The Balaban J connectivity index is 2.25. The Morgan fingerprint density at radius 1 is 1.21 bits per heavy atom. The molecule has 19 heavy (non-hydrogen) atoms. The standard InChI is InChI=1S/C13H16F3NO2/c1-7-8-5-6-9(10(7)13(14,15)16)17(8)11(18)19-12(2,3)4/h5-6,8-9H,1-4H3. The van der Waals surface area contributed by atoms with Crippen molar-refractivity contribution in [3.05, 3.63) is 23.3 Å². The number of ether oxygens (including phenoxy) is 1. The van der Waals surface area contributed by atoms with Crippen molar-refractivity contribution in [1.29, 1.82) is 0 Å². The average Bonchev–Trinajstić information content (AvgIpc) is 2.67. The minimum absolute atomic E-state index is 0.172. The number of carbonyl (C=O) groups excluding carboxylic acids is 1. The first-order chi connectivity index (χ1) is 8.52. The smallest absolute Gasteiger partial charge is 0.415 e. The van der Waals surface area contributed by atoms with Crippen LogP contribution in [0, 0.1) is 0 Å². The third kappa shape index (κ3) is 2.35. The second-order valence-corrected chi connectivity index (χ2v) is 5.76. The van der Waals surface area contributed by atoms with Gasteiger partial charge in [-0.25, -0.2) is 4.79 Å². The fourth-order valence-electron chi connectivity index (χ4n) is 2.48. The fourth-order valence-corrected chi connectivity index (χ4v) is 2.48. The number of nitrogens with zero attached hydrogens (tertiary/aromatic N) is 1. The molecule has 0 aliphatic carbocycles. The van der Waals surface area contributed by atoms with Crippen LogP contribution in [0.4, 0.5) is 18.0 Å².